The number of fused-ring (bicyclic) bond motifs is 5. The summed E-state index contributed by atoms with van der Waals surface area (Å²) in [7, 11) is 0. The molecule has 56 heavy (non-hydrogen) atoms. The van der Waals surface area contributed by atoms with E-state index in [2.05, 4.69) is 158 Å². The first-order valence-electron chi connectivity index (χ1n) is 19.1. The predicted octanol–water partition coefficient (Wildman–Crippen LogP) is 13.8. The lowest BCUT2D eigenvalue weighted by Gasteiger charge is -2.17. The Morgan fingerprint density at radius 3 is 2.05 bits per heavy atom. The van der Waals surface area contributed by atoms with Crippen LogP contribution in [0.15, 0.2) is 186 Å². The van der Waals surface area contributed by atoms with Crippen LogP contribution in [0.3, 0.4) is 0 Å². The summed E-state index contributed by atoms with van der Waals surface area (Å²) in [6.07, 6.45) is 15.8. The summed E-state index contributed by atoms with van der Waals surface area (Å²) in [5.41, 5.74) is 9.11. The number of rotatable bonds is 7. The average Bonchev–Trinajstić information content (AvgIpc) is 3.64. The highest BCUT2D eigenvalue weighted by Crippen LogP contribution is 2.39. The Hall–Kier alpha value is -7.17. The lowest BCUT2D eigenvalue weighted by molar-refractivity contribution is 0.669. The maximum absolute atomic E-state index is 6.55. The van der Waals surface area contributed by atoms with Crippen molar-refractivity contribution in [2.75, 3.05) is 0 Å². The van der Waals surface area contributed by atoms with Crippen molar-refractivity contribution in [2.45, 2.75) is 19.3 Å². The van der Waals surface area contributed by atoms with Gasteiger partial charge >= 0.3 is 0 Å². The zero-order chi connectivity index (χ0) is 37.4. The monoisotopic (exact) mass is 719 g/mol. The molecule has 2 aromatic heterocycles. The number of hydrogen-bond acceptors (Lipinski definition) is 4. The molecule has 1 aliphatic carbocycles. The molecule has 9 aromatic rings. The molecule has 1 atom stereocenters. The largest absolute Gasteiger partial charge is 0.456 e. The van der Waals surface area contributed by atoms with Gasteiger partial charge in [-0.25, -0.2) is 15.0 Å². The van der Waals surface area contributed by atoms with E-state index in [1.165, 1.54) is 27.1 Å². The second-order valence-corrected chi connectivity index (χ2v) is 14.3. The molecule has 1 aliphatic rings. The molecule has 10 rings (SSSR count). The lowest BCUT2D eigenvalue weighted by atomic mass is 9.89. The minimum Gasteiger partial charge on any atom is -0.456 e. The molecule has 266 valence electrons. The Bertz CT molecular complexity index is 3070. The van der Waals surface area contributed by atoms with Crippen molar-refractivity contribution in [1.29, 1.82) is 0 Å². The van der Waals surface area contributed by atoms with Gasteiger partial charge < -0.3 is 4.42 Å². The third-order valence-corrected chi connectivity index (χ3v) is 10.8. The van der Waals surface area contributed by atoms with Gasteiger partial charge in [0.05, 0.1) is 0 Å². The Kier molecular flexibility index (Phi) is 8.49. The standard InChI is InChI=1S/C52H37N3O/c1-2-3-4-10-34-17-19-38(20-18-34)50-53-51(39-25-21-37(22-26-39)42-27-23-35-11-5-7-13-40(35)31-42)55-52(54-50)46-15-9-16-47-49(46)45-30-29-44(33-48(45)56-47)43-28-24-36-12-6-8-14-41(36)32-43/h2-21,23-33,37H,22H2,1H3/b3-2-,10-4-. The van der Waals surface area contributed by atoms with Crippen LogP contribution in [-0.4, -0.2) is 15.0 Å². The van der Waals surface area contributed by atoms with Crippen LogP contribution in [-0.2, 0) is 0 Å². The van der Waals surface area contributed by atoms with Crippen molar-refractivity contribution in [1.82, 2.24) is 15.0 Å². The molecule has 0 amide bonds. The van der Waals surface area contributed by atoms with E-state index >= 15 is 0 Å². The zero-order valence-electron chi connectivity index (χ0n) is 30.9. The summed E-state index contributed by atoms with van der Waals surface area (Å²) >= 11 is 0. The summed E-state index contributed by atoms with van der Waals surface area (Å²) < 4.78 is 6.55. The van der Waals surface area contributed by atoms with E-state index in [1.54, 1.807) is 0 Å². The fourth-order valence-corrected chi connectivity index (χ4v) is 7.81. The average molecular weight is 720 g/mol. The van der Waals surface area contributed by atoms with Crippen molar-refractivity contribution in [3.63, 3.8) is 0 Å². The van der Waals surface area contributed by atoms with Crippen molar-refractivity contribution in [3.05, 3.63) is 199 Å². The molecule has 2 heterocycles. The molecule has 1 unspecified atom stereocenters. The Morgan fingerprint density at radius 2 is 1.27 bits per heavy atom. The molecular weight excluding hydrogens is 683 g/mol. The zero-order valence-corrected chi connectivity index (χ0v) is 30.9. The third-order valence-electron chi connectivity index (χ3n) is 10.8. The number of aromatic nitrogens is 3. The molecule has 0 fully saturated rings. The molecular formula is C52H37N3O. The summed E-state index contributed by atoms with van der Waals surface area (Å²) in [6.45, 7) is 2.01. The first kappa shape index (κ1) is 33.4. The predicted molar refractivity (Wildman–Crippen MR) is 233 cm³/mol. The van der Waals surface area contributed by atoms with Gasteiger partial charge in [0.15, 0.2) is 17.5 Å². The first-order chi connectivity index (χ1) is 27.7. The van der Waals surface area contributed by atoms with Gasteiger partial charge in [-0.1, -0.05) is 164 Å². The Morgan fingerprint density at radius 1 is 0.571 bits per heavy atom. The third kappa shape index (κ3) is 6.31. The van der Waals surface area contributed by atoms with Gasteiger partial charge in [-0.05, 0) is 81.4 Å². The lowest BCUT2D eigenvalue weighted by Crippen LogP contribution is -2.05. The molecule has 0 N–H and O–H groups in total. The molecule has 0 spiro atoms. The summed E-state index contributed by atoms with van der Waals surface area (Å²) in [5, 5.41) is 6.97. The molecule has 0 bridgehead atoms. The van der Waals surface area contributed by atoms with E-state index in [9.17, 15) is 0 Å². The minimum absolute atomic E-state index is 0.276. The van der Waals surface area contributed by atoms with Crippen molar-refractivity contribution in [3.8, 4) is 33.9 Å². The van der Waals surface area contributed by atoms with E-state index < -0.39 is 0 Å². The number of furan rings is 1. The summed E-state index contributed by atoms with van der Waals surface area (Å²) in [4.78, 5) is 15.4. The topological polar surface area (TPSA) is 51.8 Å². The highest BCUT2D eigenvalue weighted by Gasteiger charge is 2.20. The van der Waals surface area contributed by atoms with Gasteiger partial charge in [-0.15, -0.1) is 0 Å². The smallest absolute Gasteiger partial charge is 0.164 e. The van der Waals surface area contributed by atoms with Crippen LogP contribution in [0.25, 0.3) is 89.0 Å². The van der Waals surface area contributed by atoms with Crippen LogP contribution < -0.4 is 0 Å². The summed E-state index contributed by atoms with van der Waals surface area (Å²) in [6, 6.07) is 51.3. The Balaban J connectivity index is 1.06. The van der Waals surface area contributed by atoms with Crippen molar-refractivity contribution in [2.24, 2.45) is 0 Å². The van der Waals surface area contributed by atoms with Crippen LogP contribution in [0, 0.1) is 0 Å². The number of benzene rings is 7. The van der Waals surface area contributed by atoms with Crippen molar-refractivity contribution < 1.29 is 4.42 Å². The normalized spacial score (nSPS) is 14.5. The number of nitrogens with zero attached hydrogens (tertiary/aromatic N) is 3. The Labute approximate surface area is 325 Å². The van der Waals surface area contributed by atoms with Gasteiger partial charge in [0.2, 0.25) is 0 Å². The fraction of sp³-hybridized carbons (Fsp3) is 0.0577. The number of allylic oxidation sites excluding steroid dienone is 7. The highest BCUT2D eigenvalue weighted by molar-refractivity contribution is 6.12. The molecule has 7 aromatic carbocycles. The second kappa shape index (κ2) is 14.2. The van der Waals surface area contributed by atoms with Crippen LogP contribution in [0.1, 0.15) is 36.2 Å². The van der Waals surface area contributed by atoms with Gasteiger partial charge in [0, 0.05) is 33.4 Å². The van der Waals surface area contributed by atoms with E-state index in [4.69, 9.17) is 19.4 Å². The van der Waals surface area contributed by atoms with Crippen LogP contribution in [0.4, 0.5) is 0 Å². The highest BCUT2D eigenvalue weighted by atomic mass is 16.3. The molecule has 4 nitrogen and oxygen atoms in total. The molecule has 0 radical (unpaired) electrons. The second-order valence-electron chi connectivity index (χ2n) is 14.3. The molecule has 0 saturated carbocycles. The molecule has 0 aliphatic heterocycles. The maximum Gasteiger partial charge on any atom is 0.164 e. The fourth-order valence-electron chi connectivity index (χ4n) is 7.81. The van der Waals surface area contributed by atoms with Crippen LogP contribution in [0.2, 0.25) is 0 Å². The van der Waals surface area contributed by atoms with Gasteiger partial charge in [0.1, 0.15) is 11.2 Å². The van der Waals surface area contributed by atoms with E-state index in [-0.39, 0.29) is 5.92 Å². The van der Waals surface area contributed by atoms with Crippen LogP contribution >= 0.6 is 0 Å². The van der Waals surface area contributed by atoms with E-state index in [0.29, 0.717) is 17.5 Å². The molecule has 0 saturated heterocycles. The maximum atomic E-state index is 6.55. The number of hydrogen-bond donors (Lipinski definition) is 0. The van der Waals surface area contributed by atoms with E-state index in [1.807, 2.05) is 37.3 Å². The SMILES string of the molecule is C/C=C\C=C/c1ccc(-c2nc(C3=CCC(c4ccc5ccccc5c4)C=C3)nc(-c3cccc4oc5cc(-c6ccc7ccccc7c6)ccc5c34)n2)cc1. The first-order valence-corrected chi connectivity index (χ1v) is 19.1. The molecule has 4 heteroatoms. The van der Waals surface area contributed by atoms with Gasteiger partial charge in [-0.3, -0.25) is 0 Å². The quantitative estimate of drug-likeness (QED) is 0.154. The van der Waals surface area contributed by atoms with Gasteiger partial charge in [0.25, 0.3) is 0 Å². The van der Waals surface area contributed by atoms with Crippen LogP contribution in [0.5, 0.6) is 0 Å². The van der Waals surface area contributed by atoms with Crippen molar-refractivity contribution >= 4 is 55.1 Å². The van der Waals surface area contributed by atoms with E-state index in [0.717, 1.165) is 61.7 Å². The minimum atomic E-state index is 0.276. The van der Waals surface area contributed by atoms with Gasteiger partial charge in [-0.2, -0.15) is 0 Å². The summed E-state index contributed by atoms with van der Waals surface area (Å²) in [5.74, 6) is 2.17.